The van der Waals surface area contributed by atoms with Crippen LogP contribution in [-0.4, -0.2) is 30.0 Å². The van der Waals surface area contributed by atoms with Gasteiger partial charge in [-0.2, -0.15) is 0 Å². The Kier molecular flexibility index (Phi) is 5.46. The van der Waals surface area contributed by atoms with Gasteiger partial charge in [-0.1, -0.05) is 106 Å². The minimum absolute atomic E-state index is 0.768. The lowest BCUT2D eigenvalue weighted by atomic mass is 10.0. The van der Waals surface area contributed by atoms with E-state index in [1.165, 1.54) is 11.1 Å². The Morgan fingerprint density at radius 3 is 1.17 bits per heavy atom. The van der Waals surface area contributed by atoms with E-state index in [2.05, 4.69) is 107 Å². The van der Waals surface area contributed by atoms with Gasteiger partial charge in [0.25, 0.3) is 0 Å². The number of rotatable bonds is 5. The van der Waals surface area contributed by atoms with Gasteiger partial charge in [0.2, 0.25) is 0 Å². The van der Waals surface area contributed by atoms with Crippen LogP contribution in [0.1, 0.15) is 11.1 Å². The first-order valence-electron chi connectivity index (χ1n) is 11.9. The van der Waals surface area contributed by atoms with Crippen molar-refractivity contribution in [3.63, 3.8) is 0 Å². The van der Waals surface area contributed by atoms with E-state index in [9.17, 15) is 0 Å². The van der Waals surface area contributed by atoms with Crippen LogP contribution in [0.3, 0.4) is 0 Å². The fourth-order valence-corrected chi connectivity index (χ4v) is 4.30. The summed E-state index contributed by atoms with van der Waals surface area (Å²) < 4.78 is 3.77. The maximum Gasteiger partial charge on any atom is 0.123 e. The van der Waals surface area contributed by atoms with Crippen LogP contribution in [0.25, 0.3) is 45.3 Å². The zero-order valence-corrected chi connectivity index (χ0v) is 20.1. The lowest BCUT2D eigenvalue weighted by Gasteiger charge is -2.13. The highest BCUT2D eigenvalue weighted by Gasteiger charge is 2.27. The van der Waals surface area contributed by atoms with Gasteiger partial charge >= 0.3 is 0 Å². The van der Waals surface area contributed by atoms with Gasteiger partial charge < -0.3 is 0 Å². The fraction of sp³-hybridized carbons (Fsp3) is 0.0667. The molecule has 2 aromatic heterocycles. The zero-order valence-electron chi connectivity index (χ0n) is 20.1. The molecule has 174 valence electrons. The Morgan fingerprint density at radius 2 is 0.806 bits per heavy atom. The second-order valence-corrected chi connectivity index (χ2v) is 8.80. The number of hydrogen-bond acceptors (Lipinski definition) is 4. The minimum atomic E-state index is 0.768. The van der Waals surface area contributed by atoms with Crippen molar-refractivity contribution in [1.29, 1.82) is 0 Å². The summed E-state index contributed by atoms with van der Waals surface area (Å²) in [5.74, 6) is 0. The van der Waals surface area contributed by atoms with Crippen LogP contribution >= 0.6 is 0 Å². The molecule has 36 heavy (non-hydrogen) atoms. The van der Waals surface area contributed by atoms with Gasteiger partial charge in [0.1, 0.15) is 22.8 Å². The van der Waals surface area contributed by atoms with Crippen LogP contribution in [0.15, 0.2) is 109 Å². The normalized spacial score (nSPS) is 11.1. The summed E-state index contributed by atoms with van der Waals surface area (Å²) in [6, 6.07) is 36.8. The molecule has 0 N–H and O–H groups in total. The zero-order chi connectivity index (χ0) is 24.5. The van der Waals surface area contributed by atoms with E-state index in [1.54, 1.807) is 0 Å². The van der Waals surface area contributed by atoms with Crippen molar-refractivity contribution in [3.8, 4) is 45.3 Å². The predicted octanol–water partition coefficient (Wildman–Crippen LogP) is 6.47. The molecule has 6 heteroatoms. The quantitative estimate of drug-likeness (QED) is 0.291. The first-order chi connectivity index (χ1) is 17.7. The summed E-state index contributed by atoms with van der Waals surface area (Å²) in [4.78, 5) is 0. The number of aryl methyl sites for hydroxylation is 2. The molecule has 4 aromatic carbocycles. The van der Waals surface area contributed by atoms with Gasteiger partial charge in [-0.3, -0.25) is 0 Å². The minimum Gasteiger partial charge on any atom is -0.211 e. The molecule has 0 radical (unpaired) electrons. The second kappa shape index (κ2) is 9.07. The highest BCUT2D eigenvalue weighted by atomic mass is 15.5. The largest absolute Gasteiger partial charge is 0.211 e. The molecular formula is C30H24N6. The number of hydrogen-bond donors (Lipinski definition) is 0. The van der Waals surface area contributed by atoms with Crippen LogP contribution < -0.4 is 0 Å². The van der Waals surface area contributed by atoms with Crippen LogP contribution in [-0.2, 0) is 0 Å². The molecule has 0 aliphatic rings. The molecule has 6 rings (SSSR count). The highest BCUT2D eigenvalue weighted by Crippen LogP contribution is 2.38. The molecule has 0 unspecified atom stereocenters. The first kappa shape index (κ1) is 21.7. The second-order valence-electron chi connectivity index (χ2n) is 8.80. The summed E-state index contributed by atoms with van der Waals surface area (Å²) in [6.07, 6.45) is 0. The third-order valence-electron chi connectivity index (χ3n) is 6.22. The third kappa shape index (κ3) is 3.88. The average Bonchev–Trinajstić information content (AvgIpc) is 3.55. The molecule has 2 heterocycles. The molecule has 6 aromatic rings. The Labute approximate surface area is 209 Å². The standard InChI is InChI=1S/C30H24N6/c1-21-13-17-25(18-14-21)35-29(27(31-33-35)23-9-5-3-6-10-23)30-28(24-11-7-4-8-12-24)32-34-36(30)26-19-15-22(2)16-20-26/h3-20H,1-2H3. The van der Waals surface area contributed by atoms with E-state index < -0.39 is 0 Å². The van der Waals surface area contributed by atoms with Crippen LogP contribution in [0.5, 0.6) is 0 Å². The van der Waals surface area contributed by atoms with E-state index in [-0.39, 0.29) is 0 Å². The topological polar surface area (TPSA) is 61.4 Å². The molecule has 0 atom stereocenters. The van der Waals surface area contributed by atoms with Crippen molar-refractivity contribution in [2.24, 2.45) is 0 Å². The van der Waals surface area contributed by atoms with Crippen molar-refractivity contribution in [1.82, 2.24) is 30.0 Å². The Hall–Kier alpha value is -4.84. The molecule has 0 amide bonds. The summed E-state index contributed by atoms with van der Waals surface area (Å²) in [5, 5.41) is 18.6. The number of aromatic nitrogens is 6. The summed E-state index contributed by atoms with van der Waals surface area (Å²) in [7, 11) is 0. The van der Waals surface area contributed by atoms with Gasteiger partial charge in [0.15, 0.2) is 0 Å². The van der Waals surface area contributed by atoms with E-state index >= 15 is 0 Å². The Balaban J connectivity index is 1.69. The van der Waals surface area contributed by atoms with Gasteiger partial charge in [0.05, 0.1) is 11.4 Å². The number of benzene rings is 4. The van der Waals surface area contributed by atoms with Crippen molar-refractivity contribution >= 4 is 0 Å². The molecule has 0 aliphatic heterocycles. The SMILES string of the molecule is Cc1ccc(-n2nnc(-c3ccccc3)c2-c2c(-c3ccccc3)nnn2-c2ccc(C)cc2)cc1. The fourth-order valence-electron chi connectivity index (χ4n) is 4.30. The highest BCUT2D eigenvalue weighted by molar-refractivity contribution is 5.86. The van der Waals surface area contributed by atoms with E-state index in [0.717, 1.165) is 45.3 Å². The summed E-state index contributed by atoms with van der Waals surface area (Å²) in [5.41, 5.74) is 9.34. The first-order valence-corrected chi connectivity index (χ1v) is 11.9. The molecule has 0 saturated carbocycles. The van der Waals surface area contributed by atoms with Crippen LogP contribution in [0, 0.1) is 13.8 Å². The van der Waals surface area contributed by atoms with Crippen LogP contribution in [0.4, 0.5) is 0 Å². The molecule has 6 nitrogen and oxygen atoms in total. The Morgan fingerprint density at radius 1 is 0.444 bits per heavy atom. The van der Waals surface area contributed by atoms with Crippen molar-refractivity contribution in [3.05, 3.63) is 120 Å². The van der Waals surface area contributed by atoms with Gasteiger partial charge in [-0.25, -0.2) is 9.36 Å². The molecule has 0 saturated heterocycles. The van der Waals surface area contributed by atoms with Crippen molar-refractivity contribution in [2.75, 3.05) is 0 Å². The van der Waals surface area contributed by atoms with Gasteiger partial charge in [0, 0.05) is 11.1 Å². The van der Waals surface area contributed by atoms with E-state index in [0.29, 0.717) is 0 Å². The molecule has 0 fully saturated rings. The lowest BCUT2D eigenvalue weighted by molar-refractivity contribution is 0.784. The third-order valence-corrected chi connectivity index (χ3v) is 6.22. The number of nitrogens with zero attached hydrogens (tertiary/aromatic N) is 6. The van der Waals surface area contributed by atoms with Gasteiger partial charge in [-0.05, 0) is 38.1 Å². The van der Waals surface area contributed by atoms with Gasteiger partial charge in [-0.15, -0.1) is 10.2 Å². The maximum atomic E-state index is 4.67. The van der Waals surface area contributed by atoms with E-state index in [1.807, 2.05) is 45.8 Å². The van der Waals surface area contributed by atoms with Crippen LogP contribution in [0.2, 0.25) is 0 Å². The van der Waals surface area contributed by atoms with Crippen molar-refractivity contribution in [2.45, 2.75) is 13.8 Å². The molecule has 0 bridgehead atoms. The molecule has 0 aliphatic carbocycles. The molecule has 0 spiro atoms. The lowest BCUT2D eigenvalue weighted by Crippen LogP contribution is -2.06. The maximum absolute atomic E-state index is 4.67. The Bertz CT molecular complexity index is 1490. The summed E-state index contributed by atoms with van der Waals surface area (Å²) >= 11 is 0. The van der Waals surface area contributed by atoms with Crippen molar-refractivity contribution < 1.29 is 0 Å². The monoisotopic (exact) mass is 468 g/mol. The molecular weight excluding hydrogens is 444 g/mol. The smallest absolute Gasteiger partial charge is 0.123 e. The summed E-state index contributed by atoms with van der Waals surface area (Å²) in [6.45, 7) is 4.15. The van der Waals surface area contributed by atoms with E-state index in [4.69, 9.17) is 0 Å². The predicted molar refractivity (Wildman–Crippen MR) is 142 cm³/mol. The average molecular weight is 469 g/mol.